The van der Waals surface area contributed by atoms with Gasteiger partial charge in [-0.1, -0.05) is 95.3 Å². The molecule has 0 unspecified atom stereocenters. The Hall–Kier alpha value is -3.23. The summed E-state index contributed by atoms with van der Waals surface area (Å²) in [6.07, 6.45) is 9.50. The summed E-state index contributed by atoms with van der Waals surface area (Å²) in [4.78, 5) is 0. The third-order valence-corrected chi connectivity index (χ3v) is 13.9. The van der Waals surface area contributed by atoms with Crippen LogP contribution in [0.5, 0.6) is 11.5 Å². The Bertz CT molecular complexity index is 1660. The Labute approximate surface area is 282 Å². The van der Waals surface area contributed by atoms with Gasteiger partial charge in [0.15, 0.2) is 0 Å². The quantitative estimate of drug-likeness (QED) is 0.110. The lowest BCUT2D eigenvalue weighted by atomic mass is 10.00. The molecular weight excluding hydrogens is 622 g/mol. The molecule has 1 aromatic heterocycles. The number of aryl methyl sites for hydroxylation is 2. The predicted octanol–water partition coefficient (Wildman–Crippen LogP) is 12.2. The highest BCUT2D eigenvalue weighted by Crippen LogP contribution is 2.70. The van der Waals surface area contributed by atoms with Crippen LogP contribution in [0.15, 0.2) is 93.3 Å². The molecule has 1 aliphatic heterocycles. The van der Waals surface area contributed by atoms with Gasteiger partial charge in [0, 0.05) is 22.1 Å². The monoisotopic (exact) mass is 670 g/mol. The number of ether oxygens (including phenoxy) is 2. The number of methoxy groups -OCH3 is 2. The molecule has 1 aliphatic rings. The van der Waals surface area contributed by atoms with Crippen molar-refractivity contribution in [1.82, 2.24) is 0 Å². The first-order valence-electron chi connectivity index (χ1n) is 17.2. The fraction of sp³-hybridized carbons (Fsp3) is 0.400. The molecule has 0 amide bonds. The second kappa shape index (κ2) is 16.2. The highest BCUT2D eigenvalue weighted by molar-refractivity contribution is 7.58. The molecule has 47 heavy (non-hydrogen) atoms. The number of hydrogen-bond donors (Lipinski definition) is 0. The second-order valence-corrected chi connectivity index (χ2v) is 16.2. The van der Waals surface area contributed by atoms with Crippen molar-refractivity contribution in [2.45, 2.75) is 76.5 Å². The number of unbranched alkanes of at least 4 members (excludes halogenated alkanes) is 2. The summed E-state index contributed by atoms with van der Waals surface area (Å²) < 4.78 is 31.9. The van der Waals surface area contributed by atoms with Crippen LogP contribution >= 0.6 is 16.2 Å². The third kappa shape index (κ3) is 7.75. The zero-order valence-electron chi connectivity index (χ0n) is 28.2. The fourth-order valence-corrected chi connectivity index (χ4v) is 11.6. The zero-order chi connectivity index (χ0) is 32.6. The molecule has 4 aromatic carbocycles. The van der Waals surface area contributed by atoms with Crippen LogP contribution in [0.1, 0.15) is 85.9 Å². The Morgan fingerprint density at radius 2 is 1.13 bits per heavy atom. The van der Waals surface area contributed by atoms with Gasteiger partial charge in [-0.15, -0.1) is 0 Å². The van der Waals surface area contributed by atoms with Gasteiger partial charge in [0.1, 0.15) is 22.7 Å². The van der Waals surface area contributed by atoms with Crippen LogP contribution in [0, 0.1) is 0 Å². The molecule has 0 spiro atoms. The van der Waals surface area contributed by atoms with Crippen LogP contribution in [0.4, 0.5) is 0 Å². The summed E-state index contributed by atoms with van der Waals surface area (Å²) in [7, 11) is 1.40. The average molecular weight is 671 g/mol. The largest absolute Gasteiger partial charge is 0.497 e. The summed E-state index contributed by atoms with van der Waals surface area (Å²) in [6.45, 7) is 5.03. The van der Waals surface area contributed by atoms with Crippen molar-refractivity contribution in [1.29, 1.82) is 0 Å². The molecule has 2 atom stereocenters. The van der Waals surface area contributed by atoms with Crippen molar-refractivity contribution in [3.63, 3.8) is 0 Å². The molecule has 1 fully saturated rings. The van der Waals surface area contributed by atoms with Crippen LogP contribution in [0.3, 0.4) is 0 Å². The maximum Gasteiger partial charge on any atom is 0.387 e. The normalized spacial score (nSPS) is 16.6. The molecule has 0 saturated carbocycles. The van der Waals surface area contributed by atoms with Crippen LogP contribution in [0.2, 0.25) is 0 Å². The average Bonchev–Trinajstić information content (AvgIpc) is 3.47. The van der Waals surface area contributed by atoms with Gasteiger partial charge in [0.2, 0.25) is 0 Å². The third-order valence-electron chi connectivity index (χ3n) is 9.40. The minimum atomic E-state index is -1.69. The fourth-order valence-electron chi connectivity index (χ4n) is 6.96. The van der Waals surface area contributed by atoms with Crippen molar-refractivity contribution in [3.05, 3.63) is 107 Å². The van der Waals surface area contributed by atoms with Crippen LogP contribution in [-0.2, 0) is 12.8 Å². The lowest BCUT2D eigenvalue weighted by Gasteiger charge is -2.26. The van der Waals surface area contributed by atoms with Gasteiger partial charge in [0.05, 0.1) is 20.8 Å². The number of fused-ring (bicyclic) bond motifs is 3. The van der Waals surface area contributed by atoms with E-state index in [2.05, 4.69) is 98.8 Å². The minimum absolute atomic E-state index is 0.364. The first-order chi connectivity index (χ1) is 23.1. The molecule has 7 heteroatoms. The minimum Gasteiger partial charge on any atom is -0.497 e. The van der Waals surface area contributed by atoms with E-state index in [0.29, 0.717) is 17.9 Å². The molecule has 0 aliphatic carbocycles. The zero-order valence-corrected chi connectivity index (χ0v) is 30.0. The van der Waals surface area contributed by atoms with Gasteiger partial charge in [-0.2, -0.15) is 0 Å². The summed E-state index contributed by atoms with van der Waals surface area (Å²) in [5.74, 6) is 1.63. The summed E-state index contributed by atoms with van der Waals surface area (Å²) in [5.41, 5.74) is 7.97. The molecular formula is C40H48O5P2. The molecule has 6 rings (SSSR count). The molecule has 5 nitrogen and oxygen atoms in total. The molecule has 248 valence electrons. The molecule has 1 saturated heterocycles. The van der Waals surface area contributed by atoms with Crippen molar-refractivity contribution in [3.8, 4) is 11.5 Å². The highest BCUT2D eigenvalue weighted by atomic mass is 31.1. The first kappa shape index (κ1) is 33.7. The van der Waals surface area contributed by atoms with Gasteiger partial charge in [0.25, 0.3) is 0 Å². The van der Waals surface area contributed by atoms with Crippen molar-refractivity contribution in [2.24, 2.45) is 0 Å². The second-order valence-electron chi connectivity index (χ2n) is 12.4. The Kier molecular flexibility index (Phi) is 11.6. The SMILES string of the molecule is CCCCc1cc(OC)cc2c1op(OCCP1[C@@H](c3ccccc3)CC[C@@H]1c1ccccc1)oc1c(CCCC)cc(OC)cc12. The smallest absolute Gasteiger partial charge is 0.387 e. The van der Waals surface area contributed by atoms with E-state index in [-0.39, 0.29) is 7.92 Å². The van der Waals surface area contributed by atoms with E-state index in [1.807, 2.05) is 0 Å². The summed E-state index contributed by atoms with van der Waals surface area (Å²) in [6, 6.07) is 30.5. The Morgan fingerprint density at radius 3 is 1.55 bits per heavy atom. The molecule has 5 aromatic rings. The summed E-state index contributed by atoms with van der Waals surface area (Å²) >= 11 is 0. The van der Waals surface area contributed by atoms with Crippen molar-refractivity contribution < 1.29 is 22.4 Å². The Balaban J connectivity index is 1.42. The van der Waals surface area contributed by atoms with E-state index < -0.39 is 8.24 Å². The van der Waals surface area contributed by atoms with E-state index in [4.69, 9.17) is 22.4 Å². The number of rotatable bonds is 14. The van der Waals surface area contributed by atoms with Crippen LogP contribution in [0.25, 0.3) is 21.9 Å². The van der Waals surface area contributed by atoms with Gasteiger partial charge in [-0.05, 0) is 91.2 Å². The molecule has 2 heterocycles. The van der Waals surface area contributed by atoms with Crippen molar-refractivity contribution >= 4 is 38.1 Å². The van der Waals surface area contributed by atoms with E-state index in [1.54, 1.807) is 14.2 Å². The van der Waals surface area contributed by atoms with Gasteiger partial charge < -0.3 is 17.9 Å². The highest BCUT2D eigenvalue weighted by Gasteiger charge is 2.37. The molecule has 0 bridgehead atoms. The number of hydrogen-bond acceptors (Lipinski definition) is 5. The van der Waals surface area contributed by atoms with Gasteiger partial charge >= 0.3 is 8.24 Å². The van der Waals surface area contributed by atoms with E-state index in [0.717, 1.165) is 89.3 Å². The van der Waals surface area contributed by atoms with Crippen LogP contribution < -0.4 is 14.0 Å². The van der Waals surface area contributed by atoms with E-state index in [9.17, 15) is 0 Å². The predicted molar refractivity (Wildman–Crippen MR) is 197 cm³/mol. The maximum atomic E-state index is 6.82. The van der Waals surface area contributed by atoms with Crippen molar-refractivity contribution in [2.75, 3.05) is 27.0 Å². The van der Waals surface area contributed by atoms with E-state index in [1.165, 1.54) is 24.0 Å². The number of benzene rings is 4. The Morgan fingerprint density at radius 1 is 0.660 bits per heavy atom. The molecule has 0 radical (unpaired) electrons. The standard InChI is InChI=1S/C40H48O5P2/c1-5-7-15-31-25-33(41-3)27-35-36-28-34(42-4)26-32(16-8-6-2)40(36)45-47(44-39(31)35)43-23-24-46-37(29-17-11-9-12-18-29)21-22-38(46)30-19-13-10-14-20-30/h9-14,17-20,25-28,37-38H,5-8,15-16,21-24H2,1-4H3/t37-,38-/m1/s1. The van der Waals surface area contributed by atoms with E-state index >= 15 is 0 Å². The van der Waals surface area contributed by atoms with Gasteiger partial charge in [-0.25, -0.2) is 0 Å². The topological polar surface area (TPSA) is 54.0 Å². The van der Waals surface area contributed by atoms with Crippen LogP contribution in [-0.4, -0.2) is 27.0 Å². The lowest BCUT2D eigenvalue weighted by molar-refractivity contribution is 0.394. The summed E-state index contributed by atoms with van der Waals surface area (Å²) in [5, 5.41) is 1.95. The molecule has 0 N–H and O–H groups in total. The first-order valence-corrected chi connectivity index (χ1v) is 20.0. The lowest BCUT2D eigenvalue weighted by Crippen LogP contribution is -2.05. The van der Waals surface area contributed by atoms with Gasteiger partial charge in [-0.3, -0.25) is 4.52 Å². The maximum absolute atomic E-state index is 6.82.